The van der Waals surface area contributed by atoms with E-state index in [0.29, 0.717) is 12.6 Å². The van der Waals surface area contributed by atoms with Crippen molar-refractivity contribution in [1.82, 2.24) is 20.1 Å². The van der Waals surface area contributed by atoms with E-state index < -0.39 is 0 Å². The van der Waals surface area contributed by atoms with Crippen molar-refractivity contribution in [3.05, 3.63) is 41.0 Å². The summed E-state index contributed by atoms with van der Waals surface area (Å²) in [6.45, 7) is 1.41. The molecule has 2 unspecified atom stereocenters. The number of nitrogens with zero attached hydrogens (tertiary/aromatic N) is 3. The van der Waals surface area contributed by atoms with Crippen LogP contribution in [0.3, 0.4) is 0 Å². The van der Waals surface area contributed by atoms with Crippen LogP contribution in [0, 0.1) is 0 Å². The van der Waals surface area contributed by atoms with Crippen molar-refractivity contribution >= 4 is 0 Å². The van der Waals surface area contributed by atoms with Gasteiger partial charge in [0.2, 0.25) is 0 Å². The molecule has 0 radical (unpaired) electrons. The second kappa shape index (κ2) is 7.14. The number of aromatic nitrogens is 3. The number of methoxy groups -OCH3 is 2. The normalized spacial score (nSPS) is 22.3. The van der Waals surface area contributed by atoms with Crippen LogP contribution in [0.1, 0.15) is 60.5 Å². The van der Waals surface area contributed by atoms with Crippen LogP contribution < -0.4 is 10.1 Å². The van der Waals surface area contributed by atoms with Crippen LogP contribution >= 0.6 is 0 Å². The molecule has 1 aromatic heterocycles. The average Bonchev–Trinajstić information content (AvgIpc) is 3.05. The Morgan fingerprint density at radius 3 is 2.92 bits per heavy atom. The highest BCUT2D eigenvalue weighted by Gasteiger charge is 2.29. The first-order valence-corrected chi connectivity index (χ1v) is 9.14. The van der Waals surface area contributed by atoms with Crippen molar-refractivity contribution < 1.29 is 9.47 Å². The van der Waals surface area contributed by atoms with Crippen LogP contribution in [0.5, 0.6) is 5.75 Å². The van der Waals surface area contributed by atoms with E-state index >= 15 is 0 Å². The fourth-order valence-electron chi connectivity index (χ4n) is 4.17. The van der Waals surface area contributed by atoms with Crippen LogP contribution in [0.15, 0.2) is 18.2 Å². The summed E-state index contributed by atoms with van der Waals surface area (Å²) in [6, 6.07) is 6.98. The van der Waals surface area contributed by atoms with E-state index in [4.69, 9.17) is 14.5 Å². The van der Waals surface area contributed by atoms with Crippen molar-refractivity contribution in [3.63, 3.8) is 0 Å². The Morgan fingerprint density at radius 2 is 2.08 bits per heavy atom. The molecule has 0 spiro atoms. The number of nitrogens with one attached hydrogen (secondary N) is 1. The molecule has 0 saturated heterocycles. The number of benzene rings is 1. The molecule has 1 aromatic carbocycles. The van der Waals surface area contributed by atoms with Gasteiger partial charge in [0.25, 0.3) is 0 Å². The van der Waals surface area contributed by atoms with Gasteiger partial charge in [0, 0.05) is 19.7 Å². The Labute approximate surface area is 148 Å². The minimum Gasteiger partial charge on any atom is -0.496 e. The second-order valence-electron chi connectivity index (χ2n) is 6.88. The van der Waals surface area contributed by atoms with Crippen LogP contribution in [0.25, 0.3) is 0 Å². The number of hydrogen-bond donors (Lipinski definition) is 1. The monoisotopic (exact) mass is 342 g/mol. The molecular formula is C19H26N4O2. The smallest absolute Gasteiger partial charge is 0.176 e. The SMILES string of the molecule is COCc1nc2n(n1)CCCC2NC1CCCc2c(OC)cccc21. The van der Waals surface area contributed by atoms with Gasteiger partial charge in [-0.25, -0.2) is 9.67 Å². The van der Waals surface area contributed by atoms with Crippen LogP contribution in [-0.4, -0.2) is 29.0 Å². The summed E-state index contributed by atoms with van der Waals surface area (Å²) in [5, 5.41) is 8.43. The van der Waals surface area contributed by atoms with E-state index in [9.17, 15) is 0 Å². The topological polar surface area (TPSA) is 61.2 Å². The largest absolute Gasteiger partial charge is 0.496 e. The molecule has 25 heavy (non-hydrogen) atoms. The first-order chi connectivity index (χ1) is 12.3. The van der Waals surface area contributed by atoms with Crippen molar-refractivity contribution in [2.24, 2.45) is 0 Å². The lowest BCUT2D eigenvalue weighted by Gasteiger charge is -2.32. The maximum atomic E-state index is 5.57. The average molecular weight is 342 g/mol. The summed E-state index contributed by atoms with van der Waals surface area (Å²) < 4.78 is 12.8. The van der Waals surface area contributed by atoms with Gasteiger partial charge in [-0.1, -0.05) is 12.1 Å². The summed E-state index contributed by atoms with van der Waals surface area (Å²) >= 11 is 0. The van der Waals surface area contributed by atoms with Gasteiger partial charge in [-0.05, 0) is 49.3 Å². The minimum atomic E-state index is 0.244. The van der Waals surface area contributed by atoms with Gasteiger partial charge in [0.15, 0.2) is 5.82 Å². The fourth-order valence-corrected chi connectivity index (χ4v) is 4.17. The Balaban J connectivity index is 1.59. The quantitative estimate of drug-likeness (QED) is 0.905. The van der Waals surface area contributed by atoms with Crippen molar-refractivity contribution in [1.29, 1.82) is 0 Å². The van der Waals surface area contributed by atoms with E-state index in [1.165, 1.54) is 17.5 Å². The summed E-state index contributed by atoms with van der Waals surface area (Å²) in [4.78, 5) is 4.72. The third-order valence-corrected chi connectivity index (χ3v) is 5.28. The molecule has 1 aliphatic heterocycles. The van der Waals surface area contributed by atoms with Crippen molar-refractivity contribution in [3.8, 4) is 5.75 Å². The van der Waals surface area contributed by atoms with Gasteiger partial charge >= 0.3 is 0 Å². The molecule has 6 nitrogen and oxygen atoms in total. The van der Waals surface area contributed by atoms with Crippen LogP contribution in [0.2, 0.25) is 0 Å². The molecule has 134 valence electrons. The number of fused-ring (bicyclic) bond motifs is 2. The lowest BCUT2D eigenvalue weighted by Crippen LogP contribution is -2.33. The van der Waals surface area contributed by atoms with E-state index in [1.807, 2.05) is 4.68 Å². The number of ether oxygens (including phenoxy) is 2. The lowest BCUT2D eigenvalue weighted by atomic mass is 9.86. The summed E-state index contributed by atoms with van der Waals surface area (Å²) in [7, 11) is 3.44. The van der Waals surface area contributed by atoms with Crippen LogP contribution in [-0.2, 0) is 24.3 Å². The number of hydrogen-bond acceptors (Lipinski definition) is 5. The zero-order valence-corrected chi connectivity index (χ0v) is 15.0. The molecule has 0 fully saturated rings. The molecule has 0 bridgehead atoms. The molecular weight excluding hydrogens is 316 g/mol. The standard InChI is InChI=1S/C19H26N4O2/c1-24-12-18-21-19-16(9-5-11-23(19)22-18)20-15-8-3-7-14-13(15)6-4-10-17(14)25-2/h4,6,10,15-16,20H,3,5,7-9,11-12H2,1-2H3. The highest BCUT2D eigenvalue weighted by atomic mass is 16.5. The van der Waals surface area contributed by atoms with Gasteiger partial charge in [0.1, 0.15) is 18.2 Å². The summed E-state index contributed by atoms with van der Waals surface area (Å²) in [5.41, 5.74) is 2.73. The van der Waals surface area contributed by atoms with E-state index in [-0.39, 0.29) is 6.04 Å². The van der Waals surface area contributed by atoms with Gasteiger partial charge < -0.3 is 14.8 Å². The molecule has 2 aliphatic rings. The Bertz CT molecular complexity index is 743. The molecule has 0 saturated carbocycles. The third-order valence-electron chi connectivity index (χ3n) is 5.28. The Morgan fingerprint density at radius 1 is 1.20 bits per heavy atom. The van der Waals surface area contributed by atoms with E-state index in [0.717, 1.165) is 49.6 Å². The summed E-state index contributed by atoms with van der Waals surface area (Å²) in [6.07, 6.45) is 5.64. The Kier molecular flexibility index (Phi) is 4.72. The molecule has 6 heteroatoms. The first-order valence-electron chi connectivity index (χ1n) is 9.14. The summed E-state index contributed by atoms with van der Waals surface area (Å²) in [5.74, 6) is 2.84. The Hall–Kier alpha value is -1.92. The molecule has 0 amide bonds. The molecule has 1 aliphatic carbocycles. The second-order valence-corrected chi connectivity index (χ2v) is 6.88. The predicted molar refractivity (Wildman–Crippen MR) is 94.5 cm³/mol. The van der Waals surface area contributed by atoms with Crippen molar-refractivity contribution in [2.45, 2.75) is 57.3 Å². The molecule has 1 N–H and O–H groups in total. The van der Waals surface area contributed by atoms with Gasteiger partial charge in [-0.2, -0.15) is 5.10 Å². The van der Waals surface area contributed by atoms with Gasteiger partial charge in [-0.3, -0.25) is 0 Å². The van der Waals surface area contributed by atoms with Crippen molar-refractivity contribution in [2.75, 3.05) is 14.2 Å². The number of aryl methyl sites for hydroxylation is 1. The maximum Gasteiger partial charge on any atom is 0.176 e. The molecule has 2 heterocycles. The molecule has 2 atom stereocenters. The third kappa shape index (κ3) is 3.16. The fraction of sp³-hybridized carbons (Fsp3) is 0.579. The zero-order chi connectivity index (χ0) is 17.2. The lowest BCUT2D eigenvalue weighted by molar-refractivity contribution is 0.177. The van der Waals surface area contributed by atoms with E-state index in [1.54, 1.807) is 14.2 Å². The minimum absolute atomic E-state index is 0.244. The maximum absolute atomic E-state index is 5.57. The predicted octanol–water partition coefficient (Wildman–Crippen LogP) is 2.94. The first kappa shape index (κ1) is 16.5. The van der Waals surface area contributed by atoms with Gasteiger partial charge in [-0.15, -0.1) is 0 Å². The zero-order valence-electron chi connectivity index (χ0n) is 15.0. The highest BCUT2D eigenvalue weighted by molar-refractivity contribution is 5.43. The molecule has 4 rings (SSSR count). The highest BCUT2D eigenvalue weighted by Crippen LogP contribution is 2.37. The molecule has 2 aromatic rings. The van der Waals surface area contributed by atoms with E-state index in [2.05, 4.69) is 28.6 Å². The van der Waals surface area contributed by atoms with Crippen LogP contribution in [0.4, 0.5) is 0 Å². The van der Waals surface area contributed by atoms with Gasteiger partial charge in [0.05, 0.1) is 13.2 Å². The number of rotatable bonds is 5.